The number of hydrogen-bond donors (Lipinski definition) is 0. The number of aromatic nitrogens is 2. The molecule has 0 spiro atoms. The van der Waals surface area contributed by atoms with Gasteiger partial charge in [0, 0.05) is 25.5 Å². The summed E-state index contributed by atoms with van der Waals surface area (Å²) < 4.78 is 4.62. The van der Waals surface area contributed by atoms with Gasteiger partial charge in [-0.15, -0.1) is 58.3 Å². The molecule has 178 valence electrons. The van der Waals surface area contributed by atoms with Crippen molar-refractivity contribution in [3.05, 3.63) is 118 Å². The Morgan fingerprint density at radius 3 is 1.41 bits per heavy atom. The molecule has 0 fully saturated rings. The topological polar surface area (TPSA) is 9.86 Å². The number of nitrogens with zero attached hydrogens (tertiary/aromatic N) is 2. The molecule has 0 amide bonds. The Kier molecular flexibility index (Phi) is 5.88. The van der Waals surface area contributed by atoms with E-state index >= 15 is 0 Å². The third-order valence-corrected chi connectivity index (χ3v) is 7.99. The van der Waals surface area contributed by atoms with Crippen LogP contribution in [0.25, 0.3) is 44.3 Å². The molecule has 3 heteroatoms. The van der Waals surface area contributed by atoms with Gasteiger partial charge in [-0.3, -0.25) is 0 Å². The van der Waals surface area contributed by atoms with Gasteiger partial charge in [-0.2, -0.15) is 0 Å². The first-order valence-corrected chi connectivity index (χ1v) is 12.7. The fourth-order valence-corrected chi connectivity index (χ4v) is 6.30. The Morgan fingerprint density at radius 2 is 0.973 bits per heavy atom. The van der Waals surface area contributed by atoms with E-state index in [1.807, 2.05) is 0 Å². The van der Waals surface area contributed by atoms with Crippen LogP contribution in [0, 0.1) is 26.0 Å². The number of benzene rings is 4. The van der Waals surface area contributed by atoms with E-state index < -0.39 is 0 Å². The minimum atomic E-state index is 0. The molecule has 2 aliphatic rings. The van der Waals surface area contributed by atoms with Crippen LogP contribution in [-0.4, -0.2) is 9.13 Å². The molecular formula is C34H28N2Zr. The third kappa shape index (κ3) is 3.62. The summed E-state index contributed by atoms with van der Waals surface area (Å²) in [5, 5.41) is 2.59. The van der Waals surface area contributed by atoms with Gasteiger partial charge in [-0.25, -0.2) is 0 Å². The van der Waals surface area contributed by atoms with Crippen molar-refractivity contribution in [1.29, 1.82) is 0 Å². The number of aryl methyl sites for hydroxylation is 4. The van der Waals surface area contributed by atoms with Crippen LogP contribution in [0.5, 0.6) is 0 Å². The molecule has 0 radical (unpaired) electrons. The summed E-state index contributed by atoms with van der Waals surface area (Å²) in [6.45, 7) is 4.22. The molecule has 0 unspecified atom stereocenters. The van der Waals surface area contributed by atoms with Crippen LogP contribution in [0.2, 0.25) is 0 Å². The van der Waals surface area contributed by atoms with Gasteiger partial charge in [-0.1, -0.05) is 73.5 Å². The van der Waals surface area contributed by atoms with E-state index in [1.54, 1.807) is 0 Å². The van der Waals surface area contributed by atoms with Gasteiger partial charge in [-0.05, 0) is 46.1 Å². The molecule has 4 aromatic carbocycles. The maximum Gasteiger partial charge on any atom is 2.00 e. The largest absolute Gasteiger partial charge is 2.00 e. The number of rotatable bonds is 0. The van der Waals surface area contributed by atoms with Crippen LogP contribution in [0.3, 0.4) is 0 Å². The molecular weight excluding hydrogens is 528 g/mol. The summed E-state index contributed by atoms with van der Waals surface area (Å²) in [5.41, 5.74) is 16.3. The van der Waals surface area contributed by atoms with Crippen molar-refractivity contribution in [2.75, 3.05) is 0 Å². The average Bonchev–Trinajstić information content (AvgIpc) is 3.59. The summed E-state index contributed by atoms with van der Waals surface area (Å²) in [7, 11) is 4.32. The molecule has 2 aromatic heterocycles. The second-order valence-corrected chi connectivity index (χ2v) is 10.2. The van der Waals surface area contributed by atoms with Crippen LogP contribution < -0.4 is 0 Å². The monoisotopic (exact) mass is 554 g/mol. The zero-order valence-corrected chi connectivity index (χ0v) is 24.2. The van der Waals surface area contributed by atoms with Gasteiger partial charge < -0.3 is 9.13 Å². The number of fused-ring (bicyclic) bond motifs is 10. The van der Waals surface area contributed by atoms with Crippen molar-refractivity contribution in [3.63, 3.8) is 0 Å². The summed E-state index contributed by atoms with van der Waals surface area (Å²) in [5.74, 6) is 0. The standard InChI is InChI=1S/2C17H14N.Zr/c2*1-11-7-8-16-14(9-11)15-10-12-5-3-4-6-13(12)17(15)18(16)2;/h2*3-8H,10H2,1-2H3;/q2*-1;+2. The first-order chi connectivity index (χ1) is 17.5. The van der Waals surface area contributed by atoms with Crippen molar-refractivity contribution in [2.45, 2.75) is 26.7 Å². The van der Waals surface area contributed by atoms with Gasteiger partial charge in [0.25, 0.3) is 0 Å². The summed E-state index contributed by atoms with van der Waals surface area (Å²) in [6.07, 6.45) is 2.09. The molecule has 6 aromatic rings. The third-order valence-electron chi connectivity index (χ3n) is 7.99. The van der Waals surface area contributed by atoms with Gasteiger partial charge in [0.2, 0.25) is 0 Å². The van der Waals surface area contributed by atoms with Gasteiger partial charge in [0.15, 0.2) is 0 Å². The predicted octanol–water partition coefficient (Wildman–Crippen LogP) is 7.71. The Balaban J connectivity index is 0.000000133. The maximum atomic E-state index is 3.52. The molecule has 0 aliphatic heterocycles. The first kappa shape index (κ1) is 24.2. The Morgan fingerprint density at radius 1 is 0.568 bits per heavy atom. The van der Waals surface area contributed by atoms with Gasteiger partial charge in [0.05, 0.1) is 0 Å². The SMILES string of the molecule is Cc1[c-]c2c3c(n(C)c2cc1)-c1ccccc1C3.Cc1[c-]c2c3c(n(C)c2cc1)-c1ccccc1C3.[Zr+2]. The minimum Gasteiger partial charge on any atom is -0.391 e. The molecule has 8 rings (SSSR count). The fraction of sp³-hybridized carbons (Fsp3) is 0.176. The van der Waals surface area contributed by atoms with E-state index in [-0.39, 0.29) is 26.2 Å². The molecule has 2 nitrogen and oxygen atoms in total. The zero-order valence-electron chi connectivity index (χ0n) is 21.7. The molecule has 0 N–H and O–H groups in total. The summed E-state index contributed by atoms with van der Waals surface area (Å²) in [6, 6.07) is 33.2. The van der Waals surface area contributed by atoms with E-state index in [4.69, 9.17) is 0 Å². The average molecular weight is 556 g/mol. The smallest absolute Gasteiger partial charge is 0.391 e. The molecule has 2 aliphatic carbocycles. The van der Waals surface area contributed by atoms with E-state index in [9.17, 15) is 0 Å². The van der Waals surface area contributed by atoms with Crippen LogP contribution in [-0.2, 0) is 53.1 Å². The van der Waals surface area contributed by atoms with Crippen molar-refractivity contribution < 1.29 is 26.2 Å². The van der Waals surface area contributed by atoms with Gasteiger partial charge in [0.1, 0.15) is 0 Å². The molecule has 2 heterocycles. The Labute approximate surface area is 237 Å². The van der Waals surface area contributed by atoms with Crippen molar-refractivity contribution in [2.24, 2.45) is 14.1 Å². The van der Waals surface area contributed by atoms with Crippen LogP contribution in [0.4, 0.5) is 0 Å². The Bertz CT molecular complexity index is 1700. The second kappa shape index (κ2) is 9.00. The van der Waals surface area contributed by atoms with E-state index in [1.165, 1.54) is 77.7 Å². The first-order valence-electron chi connectivity index (χ1n) is 12.7. The molecule has 0 atom stereocenters. The van der Waals surface area contributed by atoms with E-state index in [2.05, 4.69) is 122 Å². The van der Waals surface area contributed by atoms with Crippen LogP contribution in [0.15, 0.2) is 72.8 Å². The fourth-order valence-electron chi connectivity index (χ4n) is 6.30. The predicted molar refractivity (Wildman–Crippen MR) is 149 cm³/mol. The van der Waals surface area contributed by atoms with Gasteiger partial charge >= 0.3 is 26.2 Å². The van der Waals surface area contributed by atoms with Crippen molar-refractivity contribution in [3.8, 4) is 22.5 Å². The minimum absolute atomic E-state index is 0. The van der Waals surface area contributed by atoms with Crippen molar-refractivity contribution >= 4 is 21.8 Å². The Hall–Kier alpha value is -3.16. The van der Waals surface area contributed by atoms with Crippen molar-refractivity contribution in [1.82, 2.24) is 9.13 Å². The summed E-state index contributed by atoms with van der Waals surface area (Å²) in [4.78, 5) is 0. The molecule has 0 saturated carbocycles. The van der Waals surface area contributed by atoms with Crippen LogP contribution >= 0.6 is 0 Å². The zero-order chi connectivity index (χ0) is 24.6. The van der Waals surface area contributed by atoms with Crippen LogP contribution in [0.1, 0.15) is 33.4 Å². The summed E-state index contributed by atoms with van der Waals surface area (Å²) >= 11 is 0. The molecule has 0 bridgehead atoms. The quantitative estimate of drug-likeness (QED) is 0.170. The van der Waals surface area contributed by atoms with E-state index in [0.29, 0.717) is 0 Å². The molecule has 0 saturated heterocycles. The maximum absolute atomic E-state index is 3.52. The number of hydrogen-bond acceptors (Lipinski definition) is 0. The van der Waals surface area contributed by atoms with E-state index in [0.717, 1.165) is 12.8 Å². The molecule has 37 heavy (non-hydrogen) atoms. The normalized spacial score (nSPS) is 12.4. The second-order valence-electron chi connectivity index (χ2n) is 10.2.